The summed E-state index contributed by atoms with van der Waals surface area (Å²) in [5.41, 5.74) is 1.55. The van der Waals surface area contributed by atoms with E-state index in [1.807, 2.05) is 26.0 Å². The fraction of sp³-hybridized carbons (Fsp3) is 0.316. The van der Waals surface area contributed by atoms with E-state index in [1.54, 1.807) is 26.8 Å². The molecule has 1 heterocycles. The molecule has 1 aromatic carbocycles. The number of fused-ring (bicyclic) bond motifs is 1. The molecule has 0 spiro atoms. The zero-order chi connectivity index (χ0) is 17.4. The molecule has 2 rings (SSSR count). The zero-order valence-corrected chi connectivity index (χ0v) is 14.0. The van der Waals surface area contributed by atoms with E-state index in [-0.39, 0.29) is 22.3 Å². The van der Waals surface area contributed by atoms with Crippen molar-refractivity contribution >= 4 is 22.8 Å². The number of carbonyl (C=O) groups excluding carboxylic acids is 1. The number of nitrogens with zero attached hydrogens (tertiary/aromatic N) is 1. The second-order valence-corrected chi connectivity index (χ2v) is 6.72. The molecule has 0 saturated heterocycles. The minimum atomic E-state index is -0.689. The Hall–Kier alpha value is -2.67. The molecule has 0 fully saturated rings. The molecule has 0 aliphatic rings. The number of allylic oxidation sites excluding steroid dienone is 1. The van der Waals surface area contributed by atoms with Crippen molar-refractivity contribution in [3.8, 4) is 6.07 Å². The van der Waals surface area contributed by atoms with Crippen molar-refractivity contribution in [2.75, 3.05) is 0 Å². The van der Waals surface area contributed by atoms with Crippen molar-refractivity contribution in [2.24, 2.45) is 5.41 Å². The molecular weight excluding hydrogens is 290 g/mol. The van der Waals surface area contributed by atoms with E-state index in [4.69, 9.17) is 4.42 Å². The van der Waals surface area contributed by atoms with Crippen LogP contribution in [0, 0.1) is 30.6 Å². The van der Waals surface area contributed by atoms with E-state index >= 15 is 0 Å². The number of hydrogen-bond donors (Lipinski definition) is 0. The second-order valence-electron chi connectivity index (χ2n) is 6.72. The Bertz CT molecular complexity index is 918. The van der Waals surface area contributed by atoms with Crippen molar-refractivity contribution in [2.45, 2.75) is 34.6 Å². The van der Waals surface area contributed by atoms with Gasteiger partial charge in [-0.05, 0) is 37.1 Å². The summed E-state index contributed by atoms with van der Waals surface area (Å²) in [6, 6.07) is 5.58. The summed E-state index contributed by atoms with van der Waals surface area (Å²) in [5.74, 6) is -0.305. The van der Waals surface area contributed by atoms with Crippen LogP contribution in [-0.2, 0) is 4.79 Å². The maximum absolute atomic E-state index is 12.7. The first-order valence-electron chi connectivity index (χ1n) is 7.34. The third-order valence-electron chi connectivity index (χ3n) is 3.59. The topological polar surface area (TPSA) is 71.1 Å². The van der Waals surface area contributed by atoms with Gasteiger partial charge in [0.2, 0.25) is 0 Å². The molecule has 0 N–H and O–H groups in total. The molecule has 0 atom stereocenters. The highest BCUT2D eigenvalue weighted by Gasteiger charge is 2.25. The van der Waals surface area contributed by atoms with Crippen LogP contribution < -0.4 is 5.43 Å². The molecule has 2 aromatic rings. The summed E-state index contributed by atoms with van der Waals surface area (Å²) in [6.45, 7) is 8.96. The van der Waals surface area contributed by atoms with Crippen LogP contribution in [0.2, 0.25) is 0 Å². The molecular formula is C19H19NO3. The lowest BCUT2D eigenvalue weighted by molar-refractivity contribution is -0.121. The zero-order valence-electron chi connectivity index (χ0n) is 14.0. The van der Waals surface area contributed by atoms with Crippen LogP contribution in [-0.4, -0.2) is 5.78 Å². The Morgan fingerprint density at radius 2 is 1.91 bits per heavy atom. The van der Waals surface area contributed by atoms with Gasteiger partial charge < -0.3 is 4.42 Å². The Morgan fingerprint density at radius 3 is 2.48 bits per heavy atom. The molecule has 1 aromatic heterocycles. The predicted octanol–water partition coefficient (Wildman–Crippen LogP) is 3.93. The van der Waals surface area contributed by atoms with Gasteiger partial charge in [-0.3, -0.25) is 9.59 Å². The number of Topliss-reactive ketones (excluding diaryl/α,β-unsaturated/α-hetero) is 1. The highest BCUT2D eigenvalue weighted by atomic mass is 16.3. The summed E-state index contributed by atoms with van der Waals surface area (Å²) >= 11 is 0. The summed E-state index contributed by atoms with van der Waals surface area (Å²) in [4.78, 5) is 24.9. The van der Waals surface area contributed by atoms with E-state index < -0.39 is 5.41 Å². The maximum atomic E-state index is 12.7. The molecule has 118 valence electrons. The quantitative estimate of drug-likeness (QED) is 0.622. The number of benzene rings is 1. The first kappa shape index (κ1) is 16.7. The summed E-state index contributed by atoms with van der Waals surface area (Å²) < 4.78 is 5.53. The van der Waals surface area contributed by atoms with Gasteiger partial charge >= 0.3 is 0 Å². The van der Waals surface area contributed by atoms with E-state index in [0.29, 0.717) is 11.0 Å². The van der Waals surface area contributed by atoms with Crippen molar-refractivity contribution < 1.29 is 9.21 Å². The predicted molar refractivity (Wildman–Crippen MR) is 90.0 cm³/mol. The van der Waals surface area contributed by atoms with Gasteiger partial charge in [-0.1, -0.05) is 26.8 Å². The fourth-order valence-corrected chi connectivity index (χ4v) is 2.45. The third-order valence-corrected chi connectivity index (χ3v) is 3.59. The molecule has 0 aliphatic carbocycles. The minimum Gasteiger partial charge on any atom is -0.463 e. The van der Waals surface area contributed by atoms with Gasteiger partial charge in [-0.25, -0.2) is 0 Å². The number of nitriles is 1. The second kappa shape index (κ2) is 5.85. The summed E-state index contributed by atoms with van der Waals surface area (Å²) in [5, 5.41) is 9.72. The lowest BCUT2D eigenvalue weighted by Gasteiger charge is -2.15. The molecule has 0 radical (unpaired) electrons. The van der Waals surface area contributed by atoms with Crippen LogP contribution in [0.15, 0.2) is 33.2 Å². The van der Waals surface area contributed by atoms with E-state index in [0.717, 1.165) is 11.1 Å². The van der Waals surface area contributed by atoms with Crippen molar-refractivity contribution in [1.82, 2.24) is 0 Å². The summed E-state index contributed by atoms with van der Waals surface area (Å²) in [7, 11) is 0. The largest absolute Gasteiger partial charge is 0.463 e. The van der Waals surface area contributed by atoms with Crippen LogP contribution in [0.5, 0.6) is 0 Å². The first-order chi connectivity index (χ1) is 10.6. The number of hydrogen-bond acceptors (Lipinski definition) is 4. The molecule has 0 aliphatic heterocycles. The Kier molecular flexibility index (Phi) is 4.24. The fourth-order valence-electron chi connectivity index (χ4n) is 2.45. The Labute approximate surface area is 135 Å². The molecule has 0 bridgehead atoms. The lowest BCUT2D eigenvalue weighted by atomic mass is 9.86. The van der Waals surface area contributed by atoms with Crippen LogP contribution in [0.1, 0.15) is 37.5 Å². The smallest absolute Gasteiger partial charge is 0.200 e. The van der Waals surface area contributed by atoms with Crippen LogP contribution >= 0.6 is 0 Å². The Morgan fingerprint density at radius 1 is 1.26 bits per heavy atom. The number of ketones is 1. The van der Waals surface area contributed by atoms with Gasteiger partial charge in [0.05, 0.1) is 16.5 Å². The van der Waals surface area contributed by atoms with Gasteiger partial charge in [0, 0.05) is 5.41 Å². The van der Waals surface area contributed by atoms with Crippen molar-refractivity contribution in [3.05, 3.63) is 50.9 Å². The van der Waals surface area contributed by atoms with Gasteiger partial charge in [0.15, 0.2) is 11.2 Å². The number of aryl methyl sites for hydroxylation is 2. The van der Waals surface area contributed by atoms with Crippen LogP contribution in [0.25, 0.3) is 17.0 Å². The number of rotatable bonds is 2. The minimum absolute atomic E-state index is 0.0473. The third kappa shape index (κ3) is 3.24. The van der Waals surface area contributed by atoms with Gasteiger partial charge in [0.25, 0.3) is 0 Å². The molecule has 0 saturated carbocycles. The van der Waals surface area contributed by atoms with Crippen molar-refractivity contribution in [3.63, 3.8) is 0 Å². The van der Waals surface area contributed by atoms with Gasteiger partial charge in [-0.15, -0.1) is 0 Å². The molecule has 0 amide bonds. The number of carbonyl (C=O) groups is 1. The molecule has 23 heavy (non-hydrogen) atoms. The van der Waals surface area contributed by atoms with Crippen LogP contribution in [0.3, 0.4) is 0 Å². The van der Waals surface area contributed by atoms with Gasteiger partial charge in [-0.2, -0.15) is 5.26 Å². The van der Waals surface area contributed by atoms with Gasteiger partial charge in [0.1, 0.15) is 17.9 Å². The molecule has 4 nitrogen and oxygen atoms in total. The van der Waals surface area contributed by atoms with Crippen LogP contribution in [0.4, 0.5) is 0 Å². The standard InChI is InChI=1S/C19H19NO3/c1-11-6-12(2)16-15(7-11)23-10-14(17(16)21)8-13(9-20)18(22)19(3,4)5/h6-8,10H,1-5H3. The maximum Gasteiger partial charge on any atom is 0.200 e. The average molecular weight is 309 g/mol. The van der Waals surface area contributed by atoms with E-state index in [2.05, 4.69) is 0 Å². The normalized spacial score (nSPS) is 12.3. The molecule has 4 heteroatoms. The Balaban J connectivity index is 2.68. The highest BCUT2D eigenvalue weighted by Crippen LogP contribution is 2.22. The lowest BCUT2D eigenvalue weighted by Crippen LogP contribution is -2.21. The van der Waals surface area contributed by atoms with E-state index in [1.165, 1.54) is 12.3 Å². The first-order valence-corrected chi connectivity index (χ1v) is 7.34. The van der Waals surface area contributed by atoms with Crippen molar-refractivity contribution in [1.29, 1.82) is 5.26 Å². The summed E-state index contributed by atoms with van der Waals surface area (Å²) in [6.07, 6.45) is 2.62. The SMILES string of the molecule is Cc1cc(C)c2c(=O)c(C=C(C#N)C(=O)C(C)(C)C)coc2c1. The molecule has 0 unspecified atom stereocenters. The van der Waals surface area contributed by atoms with E-state index in [9.17, 15) is 14.9 Å². The average Bonchev–Trinajstić information content (AvgIpc) is 2.44. The highest BCUT2D eigenvalue weighted by molar-refractivity contribution is 6.06. The monoisotopic (exact) mass is 309 g/mol.